The van der Waals surface area contributed by atoms with Crippen LogP contribution in [-0.4, -0.2) is 37.5 Å². The molecular formula is C22H28N2O2. The van der Waals surface area contributed by atoms with Gasteiger partial charge in [0.1, 0.15) is 5.75 Å². The van der Waals surface area contributed by atoms with Crippen LogP contribution < -0.4 is 15.0 Å². The SMILES string of the molecule is COc1ccc(NC[C@@H](O)CN2c3ccccc3[C@@H]3CCCC[C@@H]32)cc1. The van der Waals surface area contributed by atoms with Crippen molar-refractivity contribution >= 4 is 11.4 Å². The number of ether oxygens (including phenoxy) is 1. The number of aliphatic hydroxyl groups is 1. The predicted molar refractivity (Wildman–Crippen MR) is 106 cm³/mol. The van der Waals surface area contributed by atoms with Crippen molar-refractivity contribution in [2.24, 2.45) is 0 Å². The minimum atomic E-state index is -0.411. The maximum atomic E-state index is 10.7. The molecule has 0 amide bonds. The number of β-amino-alcohol motifs (C(OH)–C–C–N with tert-alkyl or cyclic N) is 1. The van der Waals surface area contributed by atoms with Crippen molar-refractivity contribution in [1.29, 1.82) is 0 Å². The summed E-state index contributed by atoms with van der Waals surface area (Å²) in [6.07, 6.45) is 4.72. The first kappa shape index (κ1) is 17.2. The summed E-state index contributed by atoms with van der Waals surface area (Å²) in [4.78, 5) is 2.46. The molecule has 2 aliphatic rings. The van der Waals surface area contributed by atoms with Gasteiger partial charge in [-0.25, -0.2) is 0 Å². The molecule has 4 nitrogen and oxygen atoms in total. The normalized spacial score (nSPS) is 22.5. The molecule has 1 aliphatic heterocycles. The summed E-state index contributed by atoms with van der Waals surface area (Å²) >= 11 is 0. The van der Waals surface area contributed by atoms with E-state index in [2.05, 4.69) is 34.5 Å². The zero-order valence-electron chi connectivity index (χ0n) is 15.4. The van der Waals surface area contributed by atoms with Crippen LogP contribution in [0, 0.1) is 0 Å². The van der Waals surface area contributed by atoms with Crippen molar-refractivity contribution in [2.75, 3.05) is 30.4 Å². The molecule has 1 aliphatic carbocycles. The molecule has 1 fully saturated rings. The Hall–Kier alpha value is -2.20. The molecule has 4 rings (SSSR count). The van der Waals surface area contributed by atoms with Gasteiger partial charge in [0.05, 0.1) is 13.2 Å². The molecule has 0 unspecified atom stereocenters. The van der Waals surface area contributed by atoms with Crippen LogP contribution in [0.4, 0.5) is 11.4 Å². The van der Waals surface area contributed by atoms with Gasteiger partial charge in [-0.05, 0) is 48.7 Å². The van der Waals surface area contributed by atoms with Gasteiger partial charge in [-0.15, -0.1) is 0 Å². The number of fused-ring (bicyclic) bond motifs is 3. The average Bonchev–Trinajstić information content (AvgIpc) is 3.01. The number of nitrogens with zero attached hydrogens (tertiary/aromatic N) is 1. The number of benzene rings is 2. The van der Waals surface area contributed by atoms with Crippen molar-refractivity contribution in [1.82, 2.24) is 0 Å². The number of rotatable bonds is 6. The third-order valence-electron chi connectivity index (χ3n) is 5.81. The quantitative estimate of drug-likeness (QED) is 0.824. The second kappa shape index (κ2) is 7.58. The van der Waals surface area contributed by atoms with Crippen LogP contribution in [-0.2, 0) is 0 Å². The summed E-state index contributed by atoms with van der Waals surface area (Å²) in [6, 6.07) is 17.1. The molecule has 0 spiro atoms. The number of methoxy groups -OCH3 is 1. The molecule has 2 aromatic carbocycles. The third kappa shape index (κ3) is 3.38. The van der Waals surface area contributed by atoms with Gasteiger partial charge in [0.15, 0.2) is 0 Å². The summed E-state index contributed by atoms with van der Waals surface area (Å²) < 4.78 is 5.18. The van der Waals surface area contributed by atoms with Gasteiger partial charge in [-0.1, -0.05) is 31.0 Å². The van der Waals surface area contributed by atoms with Gasteiger partial charge in [0.25, 0.3) is 0 Å². The Morgan fingerprint density at radius 2 is 1.88 bits per heavy atom. The molecule has 2 aromatic rings. The zero-order chi connectivity index (χ0) is 17.9. The van der Waals surface area contributed by atoms with Crippen molar-refractivity contribution in [3.8, 4) is 5.75 Å². The van der Waals surface area contributed by atoms with Crippen LogP contribution in [0.25, 0.3) is 0 Å². The van der Waals surface area contributed by atoms with Gasteiger partial charge in [-0.2, -0.15) is 0 Å². The molecule has 0 aromatic heterocycles. The standard InChI is InChI=1S/C22H28N2O2/c1-26-18-12-10-16(11-13-18)23-14-17(25)15-24-21-8-4-2-6-19(21)20-7-3-5-9-22(20)24/h2,4,6,8,10-13,17,20,22-23,25H,3,5,7,9,14-15H2,1H3/t17-,20+,22+/m1/s1. The Morgan fingerprint density at radius 1 is 1.12 bits per heavy atom. The maximum absolute atomic E-state index is 10.7. The monoisotopic (exact) mass is 352 g/mol. The lowest BCUT2D eigenvalue weighted by atomic mass is 9.82. The average molecular weight is 352 g/mol. The molecule has 0 radical (unpaired) electrons. The van der Waals surface area contributed by atoms with E-state index in [0.717, 1.165) is 11.4 Å². The number of hydrogen-bond donors (Lipinski definition) is 2. The van der Waals surface area contributed by atoms with Gasteiger partial charge < -0.3 is 20.1 Å². The number of hydrogen-bond acceptors (Lipinski definition) is 4. The lowest BCUT2D eigenvalue weighted by Gasteiger charge is -2.35. The topological polar surface area (TPSA) is 44.7 Å². The van der Waals surface area contributed by atoms with E-state index in [1.165, 1.54) is 36.9 Å². The Balaban J connectivity index is 1.40. The van der Waals surface area contributed by atoms with Crippen LogP contribution in [0.5, 0.6) is 5.75 Å². The van der Waals surface area contributed by atoms with Crippen LogP contribution in [0.1, 0.15) is 37.2 Å². The molecule has 0 saturated heterocycles. The molecule has 1 saturated carbocycles. The van der Waals surface area contributed by atoms with E-state index in [4.69, 9.17) is 4.74 Å². The highest BCUT2D eigenvalue weighted by atomic mass is 16.5. The van der Waals surface area contributed by atoms with Crippen molar-refractivity contribution in [3.05, 3.63) is 54.1 Å². The highest BCUT2D eigenvalue weighted by molar-refractivity contribution is 5.62. The first-order valence-corrected chi connectivity index (χ1v) is 9.68. The Bertz CT molecular complexity index is 731. The van der Waals surface area contributed by atoms with Gasteiger partial charge in [0.2, 0.25) is 0 Å². The number of aliphatic hydroxyl groups excluding tert-OH is 1. The second-order valence-corrected chi connectivity index (χ2v) is 7.43. The van der Waals surface area contributed by atoms with Crippen LogP contribution >= 0.6 is 0 Å². The third-order valence-corrected chi connectivity index (χ3v) is 5.81. The summed E-state index contributed by atoms with van der Waals surface area (Å²) in [5.74, 6) is 1.48. The number of anilines is 2. The minimum Gasteiger partial charge on any atom is -0.497 e. The molecular weight excluding hydrogens is 324 g/mol. The summed E-state index contributed by atoms with van der Waals surface area (Å²) in [7, 11) is 1.67. The van der Waals surface area contributed by atoms with E-state index < -0.39 is 6.10 Å². The van der Waals surface area contributed by atoms with E-state index in [1.54, 1.807) is 7.11 Å². The van der Waals surface area contributed by atoms with E-state index in [0.29, 0.717) is 25.0 Å². The summed E-state index contributed by atoms with van der Waals surface area (Å²) in [6.45, 7) is 1.23. The first-order chi connectivity index (χ1) is 12.8. The molecule has 26 heavy (non-hydrogen) atoms. The summed E-state index contributed by atoms with van der Waals surface area (Å²) in [5, 5.41) is 14.0. The molecule has 3 atom stereocenters. The lowest BCUT2D eigenvalue weighted by Crippen LogP contribution is -2.42. The van der Waals surface area contributed by atoms with E-state index in [9.17, 15) is 5.11 Å². The highest BCUT2D eigenvalue weighted by Crippen LogP contribution is 2.47. The molecule has 0 bridgehead atoms. The van der Waals surface area contributed by atoms with Crippen LogP contribution in [0.2, 0.25) is 0 Å². The van der Waals surface area contributed by atoms with Gasteiger partial charge >= 0.3 is 0 Å². The van der Waals surface area contributed by atoms with Crippen molar-refractivity contribution in [2.45, 2.75) is 43.7 Å². The Kier molecular flexibility index (Phi) is 5.02. The van der Waals surface area contributed by atoms with Crippen molar-refractivity contribution < 1.29 is 9.84 Å². The first-order valence-electron chi connectivity index (χ1n) is 9.68. The van der Waals surface area contributed by atoms with Gasteiger partial charge in [0, 0.05) is 36.4 Å². The molecule has 1 heterocycles. The maximum Gasteiger partial charge on any atom is 0.119 e. The largest absolute Gasteiger partial charge is 0.497 e. The fourth-order valence-electron chi connectivity index (χ4n) is 4.56. The van der Waals surface area contributed by atoms with Crippen LogP contribution in [0.15, 0.2) is 48.5 Å². The smallest absolute Gasteiger partial charge is 0.119 e. The van der Waals surface area contributed by atoms with E-state index >= 15 is 0 Å². The fourth-order valence-corrected chi connectivity index (χ4v) is 4.56. The number of nitrogens with one attached hydrogen (secondary N) is 1. The Labute approximate surface area is 155 Å². The van der Waals surface area contributed by atoms with Crippen LogP contribution in [0.3, 0.4) is 0 Å². The minimum absolute atomic E-state index is 0.411. The zero-order valence-corrected chi connectivity index (χ0v) is 15.4. The van der Waals surface area contributed by atoms with Gasteiger partial charge in [-0.3, -0.25) is 0 Å². The van der Waals surface area contributed by atoms with E-state index in [-0.39, 0.29) is 0 Å². The number of para-hydroxylation sites is 1. The highest BCUT2D eigenvalue weighted by Gasteiger charge is 2.39. The fraction of sp³-hybridized carbons (Fsp3) is 0.455. The molecule has 138 valence electrons. The predicted octanol–water partition coefficient (Wildman–Crippen LogP) is 4.01. The van der Waals surface area contributed by atoms with Crippen molar-refractivity contribution in [3.63, 3.8) is 0 Å². The molecule has 4 heteroatoms. The summed E-state index contributed by atoms with van der Waals surface area (Å²) in [5.41, 5.74) is 3.81. The van der Waals surface area contributed by atoms with E-state index in [1.807, 2.05) is 24.3 Å². The lowest BCUT2D eigenvalue weighted by molar-refractivity contribution is 0.187. The second-order valence-electron chi connectivity index (χ2n) is 7.43. The molecule has 2 N–H and O–H groups in total. The Morgan fingerprint density at radius 3 is 2.69 bits per heavy atom.